The highest BCUT2D eigenvalue weighted by molar-refractivity contribution is 5.84. The molecule has 0 saturated heterocycles. The van der Waals surface area contributed by atoms with Gasteiger partial charge in [-0.3, -0.25) is 10.1 Å². The number of rotatable bonds is 3. The number of nitrogens with one attached hydrogen (secondary N) is 1. The van der Waals surface area contributed by atoms with Crippen LogP contribution < -0.4 is 5.32 Å². The minimum absolute atomic E-state index is 0.309. The third kappa shape index (κ3) is 4.22. The zero-order valence-corrected chi connectivity index (χ0v) is 12.4. The molecular formula is C14H20N2O4. The second-order valence-electron chi connectivity index (χ2n) is 5.99. The molecule has 0 saturated carbocycles. The highest BCUT2D eigenvalue weighted by Crippen LogP contribution is 2.23. The number of aliphatic carboxylic acids is 1. The number of carbonyl (C=O) groups excluding carboxylic acids is 1. The van der Waals surface area contributed by atoms with Crippen LogP contribution in [0.3, 0.4) is 0 Å². The fourth-order valence-corrected chi connectivity index (χ4v) is 1.37. The topological polar surface area (TPSA) is 88.5 Å². The SMILES string of the molecule is CC(C)(C)OC(=O)Nc1ccc(C(C)(C)C(=O)O)cn1. The molecule has 2 N–H and O–H groups in total. The summed E-state index contributed by atoms with van der Waals surface area (Å²) in [6.45, 7) is 8.47. The molecule has 0 radical (unpaired) electrons. The van der Waals surface area contributed by atoms with Crippen molar-refractivity contribution in [2.75, 3.05) is 5.32 Å². The zero-order valence-electron chi connectivity index (χ0n) is 12.4. The first kappa shape index (κ1) is 15.9. The minimum Gasteiger partial charge on any atom is -0.481 e. The first-order valence-electron chi connectivity index (χ1n) is 6.22. The Hall–Kier alpha value is -2.11. The number of hydrogen-bond donors (Lipinski definition) is 2. The lowest BCUT2D eigenvalue weighted by Crippen LogP contribution is -2.29. The molecule has 6 heteroatoms. The van der Waals surface area contributed by atoms with E-state index in [-0.39, 0.29) is 0 Å². The molecule has 1 aromatic heterocycles. The van der Waals surface area contributed by atoms with Gasteiger partial charge in [0.15, 0.2) is 0 Å². The number of carboxylic acid groups (broad SMARTS) is 1. The van der Waals surface area contributed by atoms with Crippen LogP contribution in [0.25, 0.3) is 0 Å². The Morgan fingerprint density at radius 3 is 2.20 bits per heavy atom. The van der Waals surface area contributed by atoms with E-state index in [0.717, 1.165) is 0 Å². The van der Waals surface area contributed by atoms with E-state index in [4.69, 9.17) is 9.84 Å². The van der Waals surface area contributed by atoms with Crippen molar-refractivity contribution < 1.29 is 19.4 Å². The number of hydrogen-bond acceptors (Lipinski definition) is 4. The van der Waals surface area contributed by atoms with Gasteiger partial charge in [0.25, 0.3) is 0 Å². The molecular weight excluding hydrogens is 260 g/mol. The number of amides is 1. The summed E-state index contributed by atoms with van der Waals surface area (Å²) in [4.78, 5) is 26.7. The van der Waals surface area contributed by atoms with Gasteiger partial charge < -0.3 is 9.84 Å². The van der Waals surface area contributed by atoms with Gasteiger partial charge in [-0.2, -0.15) is 0 Å². The molecule has 0 fully saturated rings. The maximum Gasteiger partial charge on any atom is 0.413 e. The van der Waals surface area contributed by atoms with Crippen LogP contribution in [-0.2, 0) is 14.9 Å². The molecule has 110 valence electrons. The van der Waals surface area contributed by atoms with Gasteiger partial charge in [-0.05, 0) is 46.2 Å². The molecule has 1 aromatic rings. The van der Waals surface area contributed by atoms with Crippen molar-refractivity contribution >= 4 is 17.9 Å². The summed E-state index contributed by atoms with van der Waals surface area (Å²) in [6, 6.07) is 3.16. The lowest BCUT2D eigenvalue weighted by atomic mass is 9.86. The minimum atomic E-state index is -1.03. The summed E-state index contributed by atoms with van der Waals surface area (Å²) >= 11 is 0. The highest BCUT2D eigenvalue weighted by atomic mass is 16.6. The molecule has 1 amide bonds. The first-order chi connectivity index (χ1) is 9.02. The van der Waals surface area contributed by atoms with Crippen molar-refractivity contribution in [1.29, 1.82) is 0 Å². The quantitative estimate of drug-likeness (QED) is 0.888. The van der Waals surface area contributed by atoms with Gasteiger partial charge in [0.05, 0.1) is 5.41 Å². The molecule has 20 heavy (non-hydrogen) atoms. The van der Waals surface area contributed by atoms with Crippen molar-refractivity contribution in [3.05, 3.63) is 23.9 Å². The third-order valence-electron chi connectivity index (χ3n) is 2.65. The van der Waals surface area contributed by atoms with Crippen LogP contribution in [0.5, 0.6) is 0 Å². The van der Waals surface area contributed by atoms with E-state index >= 15 is 0 Å². The van der Waals surface area contributed by atoms with Crippen LogP contribution in [0.4, 0.5) is 10.6 Å². The molecule has 1 heterocycles. The molecule has 0 aromatic carbocycles. The Morgan fingerprint density at radius 1 is 1.20 bits per heavy atom. The Balaban J connectivity index is 2.78. The van der Waals surface area contributed by atoms with Gasteiger partial charge in [-0.15, -0.1) is 0 Å². The summed E-state index contributed by atoms with van der Waals surface area (Å²) in [5, 5.41) is 11.6. The number of carbonyl (C=O) groups is 2. The van der Waals surface area contributed by atoms with Crippen molar-refractivity contribution in [3.63, 3.8) is 0 Å². The van der Waals surface area contributed by atoms with Crippen molar-refractivity contribution in [1.82, 2.24) is 4.98 Å². The number of pyridine rings is 1. The van der Waals surface area contributed by atoms with E-state index in [1.165, 1.54) is 6.20 Å². The number of anilines is 1. The largest absolute Gasteiger partial charge is 0.481 e. The Labute approximate surface area is 118 Å². The lowest BCUT2D eigenvalue weighted by molar-refractivity contribution is -0.142. The number of carboxylic acids is 1. The molecule has 0 aliphatic rings. The second kappa shape index (κ2) is 5.48. The summed E-state index contributed by atoms with van der Waals surface area (Å²) in [5.41, 5.74) is -1.06. The predicted molar refractivity (Wildman–Crippen MR) is 74.8 cm³/mol. The maximum absolute atomic E-state index is 11.6. The summed E-state index contributed by atoms with van der Waals surface area (Å²) in [7, 11) is 0. The van der Waals surface area contributed by atoms with Gasteiger partial charge in [-0.25, -0.2) is 9.78 Å². The first-order valence-corrected chi connectivity index (χ1v) is 6.22. The molecule has 0 unspecified atom stereocenters. The monoisotopic (exact) mass is 280 g/mol. The van der Waals surface area contributed by atoms with E-state index in [1.54, 1.807) is 46.8 Å². The van der Waals surface area contributed by atoms with Gasteiger partial charge in [0.2, 0.25) is 0 Å². The van der Waals surface area contributed by atoms with Crippen LogP contribution in [-0.4, -0.2) is 27.8 Å². The van der Waals surface area contributed by atoms with Crippen LogP contribution in [0.2, 0.25) is 0 Å². The van der Waals surface area contributed by atoms with Gasteiger partial charge >= 0.3 is 12.1 Å². The molecule has 0 spiro atoms. The molecule has 6 nitrogen and oxygen atoms in total. The van der Waals surface area contributed by atoms with E-state index < -0.39 is 23.1 Å². The fourth-order valence-electron chi connectivity index (χ4n) is 1.37. The number of aromatic nitrogens is 1. The zero-order chi connectivity index (χ0) is 15.6. The molecule has 0 atom stereocenters. The van der Waals surface area contributed by atoms with Crippen LogP contribution in [0, 0.1) is 0 Å². The van der Waals surface area contributed by atoms with Gasteiger partial charge in [-0.1, -0.05) is 6.07 Å². The van der Waals surface area contributed by atoms with Gasteiger partial charge in [0, 0.05) is 6.20 Å². The molecule has 0 aliphatic carbocycles. The maximum atomic E-state index is 11.6. The van der Waals surface area contributed by atoms with Crippen molar-refractivity contribution in [3.8, 4) is 0 Å². The number of nitrogens with zero attached hydrogens (tertiary/aromatic N) is 1. The lowest BCUT2D eigenvalue weighted by Gasteiger charge is -2.20. The Bertz CT molecular complexity index is 501. The van der Waals surface area contributed by atoms with E-state index in [9.17, 15) is 9.59 Å². The molecule has 0 bridgehead atoms. The van der Waals surface area contributed by atoms with E-state index in [2.05, 4.69) is 10.3 Å². The van der Waals surface area contributed by atoms with Crippen LogP contribution in [0.15, 0.2) is 18.3 Å². The van der Waals surface area contributed by atoms with Gasteiger partial charge in [0.1, 0.15) is 11.4 Å². The Morgan fingerprint density at radius 2 is 1.80 bits per heavy atom. The van der Waals surface area contributed by atoms with Crippen LogP contribution >= 0.6 is 0 Å². The Kier molecular flexibility index (Phi) is 4.37. The molecule has 1 rings (SSSR count). The average molecular weight is 280 g/mol. The predicted octanol–water partition coefficient (Wildman–Crippen LogP) is 2.79. The molecule has 0 aliphatic heterocycles. The standard InChI is InChI=1S/C14H20N2O4/c1-13(2,3)20-12(19)16-10-7-6-9(8-15-10)14(4,5)11(17)18/h6-8H,1-5H3,(H,17,18)(H,15,16,19). The third-order valence-corrected chi connectivity index (χ3v) is 2.65. The number of ether oxygens (including phenoxy) is 1. The summed E-state index contributed by atoms with van der Waals surface area (Å²) in [5.74, 6) is -0.628. The summed E-state index contributed by atoms with van der Waals surface area (Å²) in [6.07, 6.45) is 0.830. The summed E-state index contributed by atoms with van der Waals surface area (Å²) < 4.78 is 5.09. The second-order valence-corrected chi connectivity index (χ2v) is 5.99. The average Bonchev–Trinajstić information content (AvgIpc) is 2.26. The van der Waals surface area contributed by atoms with E-state index in [1.807, 2.05) is 0 Å². The van der Waals surface area contributed by atoms with Crippen molar-refractivity contribution in [2.45, 2.75) is 45.6 Å². The highest BCUT2D eigenvalue weighted by Gasteiger charge is 2.29. The van der Waals surface area contributed by atoms with E-state index in [0.29, 0.717) is 11.4 Å². The normalized spacial score (nSPS) is 11.8. The van der Waals surface area contributed by atoms with Crippen molar-refractivity contribution in [2.24, 2.45) is 0 Å². The smallest absolute Gasteiger partial charge is 0.413 e. The van der Waals surface area contributed by atoms with Crippen LogP contribution in [0.1, 0.15) is 40.2 Å². The fraction of sp³-hybridized carbons (Fsp3) is 0.500.